The summed E-state index contributed by atoms with van der Waals surface area (Å²) >= 11 is 4.83. The number of amides is 1. The Morgan fingerprint density at radius 1 is 1.21 bits per heavy atom. The van der Waals surface area contributed by atoms with Gasteiger partial charge in [-0.3, -0.25) is 4.79 Å². The quantitative estimate of drug-likeness (QED) is 0.615. The molecule has 3 rings (SSSR count). The smallest absolute Gasteiger partial charge is 0.291 e. The predicted molar refractivity (Wildman–Crippen MR) is 98.2 cm³/mol. The third kappa shape index (κ3) is 4.04. The molecule has 2 heterocycles. The number of nitrogens with one attached hydrogen (secondary N) is 1. The fourth-order valence-electron chi connectivity index (χ4n) is 2.08. The van der Waals surface area contributed by atoms with E-state index >= 15 is 0 Å². The molecule has 0 saturated heterocycles. The predicted octanol–water partition coefficient (Wildman–Crippen LogP) is 4.86. The molecule has 0 radical (unpaired) electrons. The second kappa shape index (κ2) is 7.63. The minimum atomic E-state index is -0.307. The van der Waals surface area contributed by atoms with E-state index in [-0.39, 0.29) is 11.7 Å². The zero-order chi connectivity index (χ0) is 16.9. The van der Waals surface area contributed by atoms with Gasteiger partial charge in [-0.05, 0) is 58.1 Å². The highest BCUT2D eigenvalue weighted by Crippen LogP contribution is 2.23. The molecule has 0 aliphatic heterocycles. The molecule has 2 aromatic heterocycles. The van der Waals surface area contributed by atoms with Crippen LogP contribution in [0.5, 0.6) is 0 Å². The third-order valence-corrected chi connectivity index (χ3v) is 4.37. The number of furan rings is 1. The Bertz CT molecular complexity index is 849. The molecule has 1 amide bonds. The number of anilines is 1. The second-order valence-electron chi connectivity index (χ2n) is 4.83. The molecule has 0 saturated carbocycles. The van der Waals surface area contributed by atoms with Crippen molar-refractivity contribution in [3.05, 3.63) is 59.0 Å². The number of nitrogens with zero attached hydrogens (tertiary/aromatic N) is 2. The van der Waals surface area contributed by atoms with Crippen molar-refractivity contribution in [2.24, 2.45) is 0 Å². The van der Waals surface area contributed by atoms with E-state index in [9.17, 15) is 4.79 Å². The molecule has 0 atom stereocenters. The molecule has 24 heavy (non-hydrogen) atoms. The van der Waals surface area contributed by atoms with Gasteiger partial charge in [0.05, 0.1) is 5.69 Å². The SMILES string of the molecule is CCSc1ccc(-c2cccc(NC(=O)c3ccc(Br)o3)c2)nn1. The van der Waals surface area contributed by atoms with Crippen molar-refractivity contribution >= 4 is 39.3 Å². The number of benzene rings is 1. The van der Waals surface area contributed by atoms with E-state index in [0.29, 0.717) is 10.4 Å². The Balaban J connectivity index is 1.77. The van der Waals surface area contributed by atoms with Gasteiger partial charge < -0.3 is 9.73 Å². The molecule has 7 heteroatoms. The average molecular weight is 404 g/mol. The summed E-state index contributed by atoms with van der Waals surface area (Å²) in [6.45, 7) is 2.07. The number of rotatable bonds is 5. The van der Waals surface area contributed by atoms with Crippen molar-refractivity contribution in [1.82, 2.24) is 10.2 Å². The van der Waals surface area contributed by atoms with Gasteiger partial charge in [-0.2, -0.15) is 0 Å². The van der Waals surface area contributed by atoms with Crippen LogP contribution in [0.3, 0.4) is 0 Å². The molecular weight excluding hydrogens is 390 g/mol. The lowest BCUT2D eigenvalue weighted by Crippen LogP contribution is -2.10. The van der Waals surface area contributed by atoms with E-state index in [1.54, 1.807) is 23.9 Å². The summed E-state index contributed by atoms with van der Waals surface area (Å²) in [7, 11) is 0. The molecule has 3 aromatic rings. The van der Waals surface area contributed by atoms with Gasteiger partial charge >= 0.3 is 0 Å². The summed E-state index contributed by atoms with van der Waals surface area (Å²) in [5.74, 6) is 0.893. The number of carbonyl (C=O) groups excluding carboxylic acids is 1. The molecule has 0 bridgehead atoms. The first-order valence-corrected chi connectivity index (χ1v) is 9.07. The van der Waals surface area contributed by atoms with Gasteiger partial charge in [-0.25, -0.2) is 0 Å². The standard InChI is InChI=1S/C17H14BrN3O2S/c1-2-24-16-9-6-13(20-21-16)11-4-3-5-12(10-11)19-17(22)14-7-8-15(18)23-14/h3-10H,2H2,1H3,(H,19,22). The molecule has 0 unspecified atom stereocenters. The maximum atomic E-state index is 12.1. The van der Waals surface area contributed by atoms with Crippen LogP contribution in [0.15, 0.2) is 62.6 Å². The van der Waals surface area contributed by atoms with Crippen molar-refractivity contribution in [2.75, 3.05) is 11.1 Å². The summed E-state index contributed by atoms with van der Waals surface area (Å²) in [6, 6.07) is 14.6. The van der Waals surface area contributed by atoms with Crippen molar-refractivity contribution in [3.63, 3.8) is 0 Å². The van der Waals surface area contributed by atoms with Gasteiger partial charge in [0.2, 0.25) is 0 Å². The van der Waals surface area contributed by atoms with Crippen LogP contribution < -0.4 is 5.32 Å². The van der Waals surface area contributed by atoms with Crippen molar-refractivity contribution in [3.8, 4) is 11.3 Å². The highest BCUT2D eigenvalue weighted by Gasteiger charge is 2.11. The fraction of sp³-hybridized carbons (Fsp3) is 0.118. The van der Waals surface area contributed by atoms with Crippen LogP contribution in [-0.4, -0.2) is 21.9 Å². The first-order valence-electron chi connectivity index (χ1n) is 7.29. The lowest BCUT2D eigenvalue weighted by Gasteiger charge is -2.06. The number of thioether (sulfide) groups is 1. The van der Waals surface area contributed by atoms with Crippen LogP contribution >= 0.6 is 27.7 Å². The highest BCUT2D eigenvalue weighted by atomic mass is 79.9. The number of hydrogen-bond donors (Lipinski definition) is 1. The second-order valence-corrected chi connectivity index (χ2v) is 6.89. The van der Waals surface area contributed by atoms with Crippen molar-refractivity contribution < 1.29 is 9.21 Å². The number of hydrogen-bond acceptors (Lipinski definition) is 5. The van der Waals surface area contributed by atoms with E-state index in [0.717, 1.165) is 22.0 Å². The Kier molecular flexibility index (Phi) is 5.32. The van der Waals surface area contributed by atoms with E-state index in [4.69, 9.17) is 4.42 Å². The zero-order valence-corrected chi connectivity index (χ0v) is 15.2. The van der Waals surface area contributed by atoms with Crippen molar-refractivity contribution in [2.45, 2.75) is 11.9 Å². The Hall–Kier alpha value is -2.12. The molecule has 1 N–H and O–H groups in total. The van der Waals surface area contributed by atoms with E-state index in [1.165, 1.54) is 0 Å². The topological polar surface area (TPSA) is 68.0 Å². The van der Waals surface area contributed by atoms with E-state index in [1.807, 2.05) is 36.4 Å². The van der Waals surface area contributed by atoms with Gasteiger partial charge in [0, 0.05) is 11.3 Å². The van der Waals surface area contributed by atoms with Gasteiger partial charge in [-0.1, -0.05) is 19.1 Å². The lowest BCUT2D eigenvalue weighted by atomic mass is 10.1. The molecular formula is C17H14BrN3O2S. The first kappa shape index (κ1) is 16.7. The fourth-order valence-corrected chi connectivity index (χ4v) is 2.95. The van der Waals surface area contributed by atoms with Crippen LogP contribution in [0.2, 0.25) is 0 Å². The lowest BCUT2D eigenvalue weighted by molar-refractivity contribution is 0.0995. The maximum Gasteiger partial charge on any atom is 0.291 e. The molecule has 0 spiro atoms. The first-order chi connectivity index (χ1) is 11.7. The average Bonchev–Trinajstić information content (AvgIpc) is 3.03. The largest absolute Gasteiger partial charge is 0.444 e. The Morgan fingerprint density at radius 3 is 2.75 bits per heavy atom. The third-order valence-electron chi connectivity index (χ3n) is 3.15. The molecule has 0 fully saturated rings. The molecule has 122 valence electrons. The van der Waals surface area contributed by atoms with Crippen LogP contribution in [0, 0.1) is 0 Å². The number of carbonyl (C=O) groups is 1. The van der Waals surface area contributed by atoms with E-state index in [2.05, 4.69) is 38.4 Å². The van der Waals surface area contributed by atoms with Gasteiger partial charge in [0.25, 0.3) is 5.91 Å². The number of halogens is 1. The minimum Gasteiger partial charge on any atom is -0.444 e. The number of aromatic nitrogens is 2. The van der Waals surface area contributed by atoms with Gasteiger partial charge in [0.1, 0.15) is 5.03 Å². The van der Waals surface area contributed by atoms with Crippen LogP contribution in [-0.2, 0) is 0 Å². The summed E-state index contributed by atoms with van der Waals surface area (Å²) in [5, 5.41) is 12.1. The normalized spacial score (nSPS) is 10.6. The minimum absolute atomic E-state index is 0.244. The van der Waals surface area contributed by atoms with Crippen LogP contribution in [0.4, 0.5) is 5.69 Å². The Labute approximate surface area is 152 Å². The van der Waals surface area contributed by atoms with Crippen LogP contribution in [0.25, 0.3) is 11.3 Å². The molecule has 5 nitrogen and oxygen atoms in total. The highest BCUT2D eigenvalue weighted by molar-refractivity contribution is 9.10. The summed E-state index contributed by atoms with van der Waals surface area (Å²) in [5.41, 5.74) is 2.31. The molecule has 0 aliphatic carbocycles. The summed E-state index contributed by atoms with van der Waals surface area (Å²) in [4.78, 5) is 12.1. The Morgan fingerprint density at radius 2 is 2.08 bits per heavy atom. The van der Waals surface area contributed by atoms with Crippen molar-refractivity contribution in [1.29, 1.82) is 0 Å². The van der Waals surface area contributed by atoms with Gasteiger partial charge in [-0.15, -0.1) is 22.0 Å². The molecule has 1 aromatic carbocycles. The monoisotopic (exact) mass is 403 g/mol. The summed E-state index contributed by atoms with van der Waals surface area (Å²) < 4.78 is 5.76. The van der Waals surface area contributed by atoms with E-state index < -0.39 is 0 Å². The van der Waals surface area contributed by atoms with Crippen LogP contribution in [0.1, 0.15) is 17.5 Å². The zero-order valence-electron chi connectivity index (χ0n) is 12.8. The maximum absolute atomic E-state index is 12.1. The summed E-state index contributed by atoms with van der Waals surface area (Å²) in [6.07, 6.45) is 0. The molecule has 0 aliphatic rings. The van der Waals surface area contributed by atoms with Gasteiger partial charge in [0.15, 0.2) is 10.4 Å².